The molecule has 0 unspecified atom stereocenters. The minimum Gasteiger partial charge on any atom is -0.356 e. The normalized spacial score (nSPS) is 17.6. The van der Waals surface area contributed by atoms with Gasteiger partial charge in [-0.2, -0.15) is 5.26 Å². The molecule has 178 valence electrons. The van der Waals surface area contributed by atoms with Crippen molar-refractivity contribution in [3.63, 3.8) is 0 Å². The van der Waals surface area contributed by atoms with Crippen LogP contribution in [0.3, 0.4) is 0 Å². The second-order valence-corrected chi connectivity index (χ2v) is 11.6. The molecule has 0 N–H and O–H groups in total. The number of anilines is 1. The first kappa shape index (κ1) is 23.3. The van der Waals surface area contributed by atoms with Crippen molar-refractivity contribution >= 4 is 38.6 Å². The van der Waals surface area contributed by atoms with Gasteiger partial charge in [-0.05, 0) is 56.0 Å². The summed E-state index contributed by atoms with van der Waals surface area (Å²) >= 11 is 1.67. The standard InChI is InChI=1S/C25H24N6O2S2/c1-17-3-5-21(6-4-17)35(32,33)31-10-8-22-24(28-16-29-25(22)31)30(2)20-11-19(12-20)15-34-23-13-18(14-26)7-9-27-23/h3-10,13,16,19-20H,11-12,15H2,1-2H3. The van der Waals surface area contributed by atoms with Crippen molar-refractivity contribution in [3.8, 4) is 6.07 Å². The number of pyridine rings is 1. The van der Waals surface area contributed by atoms with E-state index in [4.69, 9.17) is 5.26 Å². The topological polar surface area (TPSA) is 105 Å². The highest BCUT2D eigenvalue weighted by Gasteiger charge is 2.34. The lowest BCUT2D eigenvalue weighted by Gasteiger charge is -2.41. The highest BCUT2D eigenvalue weighted by Crippen LogP contribution is 2.38. The van der Waals surface area contributed by atoms with Crippen LogP contribution in [0.25, 0.3) is 11.0 Å². The molecule has 0 saturated heterocycles. The lowest BCUT2D eigenvalue weighted by Crippen LogP contribution is -2.43. The predicted molar refractivity (Wildman–Crippen MR) is 136 cm³/mol. The SMILES string of the molecule is Cc1ccc(S(=O)(=O)n2ccc3c(N(C)C4CC(CSc5cc(C#N)ccn5)C4)ncnc32)cc1. The molecular weight excluding hydrogens is 480 g/mol. The van der Waals surface area contributed by atoms with Crippen LogP contribution in [-0.4, -0.2) is 46.2 Å². The van der Waals surface area contributed by atoms with Gasteiger partial charge in [-0.15, -0.1) is 11.8 Å². The monoisotopic (exact) mass is 504 g/mol. The zero-order valence-electron chi connectivity index (χ0n) is 19.4. The predicted octanol–water partition coefficient (Wildman–Crippen LogP) is 4.25. The fourth-order valence-corrected chi connectivity index (χ4v) is 6.63. The number of nitriles is 1. The molecule has 0 aliphatic heterocycles. The largest absolute Gasteiger partial charge is 0.356 e. The number of hydrogen-bond acceptors (Lipinski definition) is 8. The zero-order chi connectivity index (χ0) is 24.6. The van der Waals surface area contributed by atoms with E-state index in [1.54, 1.807) is 60.6 Å². The Bertz CT molecular complexity index is 1520. The minimum atomic E-state index is -3.76. The lowest BCUT2D eigenvalue weighted by atomic mass is 9.81. The Kier molecular flexibility index (Phi) is 6.21. The first-order chi connectivity index (χ1) is 16.9. The maximum atomic E-state index is 13.2. The van der Waals surface area contributed by atoms with Crippen LogP contribution >= 0.6 is 11.8 Å². The molecule has 3 aromatic heterocycles. The summed E-state index contributed by atoms with van der Waals surface area (Å²) in [5.74, 6) is 2.22. The molecule has 4 aromatic rings. The van der Waals surface area contributed by atoms with Crippen molar-refractivity contribution in [2.24, 2.45) is 5.92 Å². The van der Waals surface area contributed by atoms with Crippen LogP contribution in [0.5, 0.6) is 0 Å². The van der Waals surface area contributed by atoms with Gasteiger partial charge >= 0.3 is 0 Å². The van der Waals surface area contributed by atoms with E-state index in [1.165, 1.54) is 10.3 Å². The molecule has 1 fully saturated rings. The molecule has 8 nitrogen and oxygen atoms in total. The van der Waals surface area contributed by atoms with E-state index < -0.39 is 10.0 Å². The summed E-state index contributed by atoms with van der Waals surface area (Å²) in [5.41, 5.74) is 1.99. The third-order valence-electron chi connectivity index (χ3n) is 6.43. The number of aromatic nitrogens is 4. The Morgan fingerprint density at radius 2 is 1.91 bits per heavy atom. The third-order valence-corrected chi connectivity index (χ3v) is 9.27. The maximum Gasteiger partial charge on any atom is 0.269 e. The summed E-state index contributed by atoms with van der Waals surface area (Å²) in [6.07, 6.45) is 6.66. The first-order valence-corrected chi connectivity index (χ1v) is 13.7. The number of thioether (sulfide) groups is 1. The van der Waals surface area contributed by atoms with Crippen molar-refractivity contribution in [2.45, 2.75) is 35.7 Å². The van der Waals surface area contributed by atoms with Crippen molar-refractivity contribution in [3.05, 3.63) is 72.3 Å². The molecule has 5 rings (SSSR count). The van der Waals surface area contributed by atoms with E-state index in [2.05, 4.69) is 25.9 Å². The molecule has 3 heterocycles. The van der Waals surface area contributed by atoms with Gasteiger partial charge in [-0.3, -0.25) is 0 Å². The molecule has 1 aliphatic carbocycles. The number of hydrogen-bond donors (Lipinski definition) is 0. The quantitative estimate of drug-likeness (QED) is 0.344. The minimum absolute atomic E-state index is 0.225. The highest BCUT2D eigenvalue weighted by molar-refractivity contribution is 7.99. The molecule has 0 bridgehead atoms. The van der Waals surface area contributed by atoms with Crippen LogP contribution in [0.1, 0.15) is 24.0 Å². The van der Waals surface area contributed by atoms with Crippen LogP contribution in [0.15, 0.2) is 71.1 Å². The summed E-state index contributed by atoms with van der Waals surface area (Å²) in [5, 5.41) is 10.6. The molecule has 0 atom stereocenters. The van der Waals surface area contributed by atoms with Gasteiger partial charge < -0.3 is 4.90 Å². The van der Waals surface area contributed by atoms with Gasteiger partial charge in [0.2, 0.25) is 0 Å². The molecule has 1 aromatic carbocycles. The molecule has 0 spiro atoms. The van der Waals surface area contributed by atoms with Crippen LogP contribution in [0.2, 0.25) is 0 Å². The number of benzene rings is 1. The van der Waals surface area contributed by atoms with E-state index in [9.17, 15) is 8.42 Å². The van der Waals surface area contributed by atoms with Crippen molar-refractivity contribution < 1.29 is 8.42 Å². The van der Waals surface area contributed by atoms with Gasteiger partial charge in [-0.25, -0.2) is 27.3 Å². The van der Waals surface area contributed by atoms with Gasteiger partial charge in [0, 0.05) is 31.2 Å². The Labute approximate surface area is 208 Å². The molecule has 10 heteroatoms. The van der Waals surface area contributed by atoms with Gasteiger partial charge in [0.15, 0.2) is 5.65 Å². The van der Waals surface area contributed by atoms with Crippen LogP contribution in [-0.2, 0) is 10.0 Å². The Morgan fingerprint density at radius 3 is 2.66 bits per heavy atom. The van der Waals surface area contributed by atoms with Gasteiger partial charge in [0.05, 0.1) is 26.9 Å². The van der Waals surface area contributed by atoms with Crippen LogP contribution < -0.4 is 4.90 Å². The second-order valence-electron chi connectivity index (χ2n) is 8.77. The van der Waals surface area contributed by atoms with Crippen LogP contribution in [0, 0.1) is 24.2 Å². The zero-order valence-corrected chi connectivity index (χ0v) is 21.0. The number of rotatable bonds is 7. The molecule has 0 amide bonds. The van der Waals surface area contributed by atoms with Crippen molar-refractivity contribution in [1.82, 2.24) is 18.9 Å². The summed E-state index contributed by atoms with van der Waals surface area (Å²) in [7, 11) is -1.76. The Hall–Kier alpha value is -3.42. The fourth-order valence-electron chi connectivity index (χ4n) is 4.30. The Morgan fingerprint density at radius 1 is 1.14 bits per heavy atom. The van der Waals surface area contributed by atoms with E-state index in [0.29, 0.717) is 28.6 Å². The van der Waals surface area contributed by atoms with E-state index >= 15 is 0 Å². The first-order valence-electron chi connectivity index (χ1n) is 11.2. The number of nitrogens with zero attached hydrogens (tertiary/aromatic N) is 6. The fraction of sp³-hybridized carbons (Fsp3) is 0.280. The third kappa shape index (κ3) is 4.49. The van der Waals surface area contributed by atoms with E-state index in [0.717, 1.165) is 35.0 Å². The number of fused-ring (bicyclic) bond motifs is 1. The van der Waals surface area contributed by atoms with Gasteiger partial charge in [0.25, 0.3) is 10.0 Å². The second kappa shape index (κ2) is 9.32. The van der Waals surface area contributed by atoms with Crippen molar-refractivity contribution in [1.29, 1.82) is 5.26 Å². The Balaban J connectivity index is 1.30. The average Bonchev–Trinajstić information content (AvgIpc) is 3.28. The van der Waals surface area contributed by atoms with Crippen molar-refractivity contribution in [2.75, 3.05) is 17.7 Å². The summed E-state index contributed by atoms with van der Waals surface area (Å²) in [6, 6.07) is 14.6. The average molecular weight is 505 g/mol. The van der Waals surface area contributed by atoms with Gasteiger partial charge in [-0.1, -0.05) is 17.7 Å². The van der Waals surface area contributed by atoms with Crippen LogP contribution in [0.4, 0.5) is 5.82 Å². The smallest absolute Gasteiger partial charge is 0.269 e. The number of aryl methyl sites for hydroxylation is 1. The summed E-state index contributed by atoms with van der Waals surface area (Å²) in [4.78, 5) is 15.5. The molecule has 1 aliphatic rings. The summed E-state index contributed by atoms with van der Waals surface area (Å²) in [6.45, 7) is 1.92. The highest BCUT2D eigenvalue weighted by atomic mass is 32.2. The molecule has 0 radical (unpaired) electrons. The maximum absolute atomic E-state index is 13.2. The molecular formula is C25H24N6O2S2. The van der Waals surface area contributed by atoms with E-state index in [1.807, 2.05) is 20.0 Å². The molecule has 35 heavy (non-hydrogen) atoms. The summed E-state index contributed by atoms with van der Waals surface area (Å²) < 4.78 is 27.7. The van der Waals surface area contributed by atoms with E-state index in [-0.39, 0.29) is 4.90 Å². The lowest BCUT2D eigenvalue weighted by molar-refractivity contribution is 0.286. The molecule has 1 saturated carbocycles. The van der Waals surface area contributed by atoms with Gasteiger partial charge in [0.1, 0.15) is 12.1 Å².